The van der Waals surface area contributed by atoms with Gasteiger partial charge in [-0.3, -0.25) is 0 Å². The summed E-state index contributed by atoms with van der Waals surface area (Å²) in [6.07, 6.45) is 2.19. The van der Waals surface area contributed by atoms with Crippen molar-refractivity contribution in [2.24, 2.45) is 0 Å². The molecule has 0 atom stereocenters. The number of hydrogen-bond donors (Lipinski definition) is 0. The van der Waals surface area contributed by atoms with Gasteiger partial charge in [0.2, 0.25) is 0 Å². The Bertz CT molecular complexity index is 141. The molecule has 0 nitrogen and oxygen atoms in total. The molecule has 0 saturated carbocycles. The van der Waals surface area contributed by atoms with Gasteiger partial charge in [0.25, 0.3) is 0 Å². The fourth-order valence-electron chi connectivity index (χ4n) is 0.0952. The van der Waals surface area contributed by atoms with E-state index in [-0.39, 0.29) is 0 Å². The highest BCUT2D eigenvalue weighted by Crippen LogP contribution is 1.58. The Labute approximate surface area is 40.8 Å². The normalized spacial score (nSPS) is 5.67. The topological polar surface area (TPSA) is 0 Å². The van der Waals surface area contributed by atoms with Crippen LogP contribution in [0.1, 0.15) is 1.37 Å². The Kier molecular flexibility index (Phi) is 2.36. The second-order valence-corrected chi connectivity index (χ2v) is 0.631. The van der Waals surface area contributed by atoms with Crippen LogP contribution >= 0.6 is 0 Å². The molecule has 1 heteroatoms. The minimum atomic E-state index is 0.314. The molecule has 6 heavy (non-hydrogen) atoms. The molecule has 0 aliphatic heterocycles. The molecule has 0 saturated heterocycles. The average Bonchev–Trinajstić information content (AvgIpc) is 1.69. The van der Waals surface area contributed by atoms with Crippen LogP contribution in [0.3, 0.4) is 0 Å². The van der Waals surface area contributed by atoms with E-state index in [0.717, 1.165) is 0 Å². The van der Waals surface area contributed by atoms with Gasteiger partial charge >= 0.3 is 0 Å². The highest BCUT2D eigenvalue weighted by Gasteiger charge is 1.52. The third kappa shape index (κ3) is 3.18. The standard InChI is InChI=1S/C5H3B/c1-2-3-4-5-6/h1H,5H2/i1D. The first kappa shape index (κ1) is 3.38. The first-order valence-electron chi connectivity index (χ1n) is 2.01. The third-order valence-corrected chi connectivity index (χ3v) is 0.253. The SMILES string of the molecule is [2H]C#CC#CC[B]. The maximum absolute atomic E-state index is 6.28. The van der Waals surface area contributed by atoms with Crippen molar-refractivity contribution in [3.05, 3.63) is 0 Å². The Morgan fingerprint density at radius 3 is 3.33 bits per heavy atom. The van der Waals surface area contributed by atoms with Gasteiger partial charge in [0.05, 0.1) is 7.85 Å². The minimum absolute atomic E-state index is 0.314. The molecule has 26 valence electrons. The monoisotopic (exact) mass is 75.0 g/mol. The van der Waals surface area contributed by atoms with Crippen molar-refractivity contribution in [3.8, 4) is 24.2 Å². The molecular formula is C5H3B. The second kappa shape index (κ2) is 4.18. The first-order chi connectivity index (χ1) is 3.41. The van der Waals surface area contributed by atoms with E-state index in [9.17, 15) is 0 Å². The average molecular weight is 74.9 g/mol. The summed E-state index contributed by atoms with van der Waals surface area (Å²) in [4.78, 5) is 0. The van der Waals surface area contributed by atoms with E-state index in [1.54, 1.807) is 0 Å². The zero-order chi connectivity index (χ0) is 5.54. The molecule has 0 fully saturated rings. The van der Waals surface area contributed by atoms with E-state index in [2.05, 4.69) is 17.8 Å². The fraction of sp³-hybridized carbons (Fsp3) is 0.200. The van der Waals surface area contributed by atoms with Crippen molar-refractivity contribution in [1.82, 2.24) is 0 Å². The van der Waals surface area contributed by atoms with Gasteiger partial charge in [-0.05, 0) is 18.2 Å². The number of terminal acetylenes is 1. The summed E-state index contributed by atoms with van der Waals surface area (Å²) >= 11 is 0. The van der Waals surface area contributed by atoms with Gasteiger partial charge in [-0.15, -0.1) is 6.40 Å². The molecule has 0 amide bonds. The van der Waals surface area contributed by atoms with Crippen LogP contribution in [-0.4, -0.2) is 7.85 Å². The lowest BCUT2D eigenvalue weighted by Crippen LogP contribution is -1.54. The van der Waals surface area contributed by atoms with E-state index in [1.165, 1.54) is 0 Å². The van der Waals surface area contributed by atoms with Crippen LogP contribution in [0.15, 0.2) is 0 Å². The van der Waals surface area contributed by atoms with Crippen molar-refractivity contribution in [2.75, 3.05) is 0 Å². The number of rotatable bonds is 0. The molecule has 0 spiro atoms. The van der Waals surface area contributed by atoms with Gasteiger partial charge in [-0.1, -0.05) is 5.92 Å². The van der Waals surface area contributed by atoms with Gasteiger partial charge in [-0.25, -0.2) is 0 Å². The van der Waals surface area contributed by atoms with Crippen molar-refractivity contribution < 1.29 is 1.37 Å². The molecule has 0 heterocycles. The second-order valence-electron chi connectivity index (χ2n) is 0.631. The lowest BCUT2D eigenvalue weighted by Gasteiger charge is -1.57. The Morgan fingerprint density at radius 2 is 2.83 bits per heavy atom. The summed E-state index contributed by atoms with van der Waals surface area (Å²) in [5, 5.41) is 0. The summed E-state index contributed by atoms with van der Waals surface area (Å²) in [7, 11) is 4.97. The first-order valence-corrected chi connectivity index (χ1v) is 1.51. The van der Waals surface area contributed by atoms with E-state index >= 15 is 0 Å². The maximum Gasteiger partial charge on any atom is 0.125 e. The molecule has 0 rings (SSSR count). The smallest absolute Gasteiger partial charge is 0.106 e. The lowest BCUT2D eigenvalue weighted by molar-refractivity contribution is 1.88. The zero-order valence-electron chi connectivity index (χ0n) is 4.28. The van der Waals surface area contributed by atoms with Gasteiger partial charge in [0.1, 0.15) is 1.37 Å². The van der Waals surface area contributed by atoms with Crippen LogP contribution in [0.25, 0.3) is 0 Å². The molecule has 0 aliphatic carbocycles. The highest BCUT2D eigenvalue weighted by molar-refractivity contribution is 6.10. The Morgan fingerprint density at radius 1 is 2.00 bits per heavy atom. The van der Waals surface area contributed by atoms with Crippen LogP contribution in [0, 0.1) is 24.2 Å². The largest absolute Gasteiger partial charge is 0.125 e. The van der Waals surface area contributed by atoms with Crippen LogP contribution in [0.2, 0.25) is 6.32 Å². The minimum Gasteiger partial charge on any atom is -0.106 e. The van der Waals surface area contributed by atoms with Crippen molar-refractivity contribution >= 4 is 7.85 Å². The lowest BCUT2D eigenvalue weighted by atomic mass is 10.1. The summed E-state index contributed by atoms with van der Waals surface area (Å²) in [6.45, 7) is 0. The van der Waals surface area contributed by atoms with Crippen molar-refractivity contribution in [1.29, 1.82) is 0 Å². The predicted octanol–water partition coefficient (Wildman–Crippen LogP) is 0.210. The van der Waals surface area contributed by atoms with E-state index in [0.29, 0.717) is 6.32 Å². The van der Waals surface area contributed by atoms with Crippen LogP contribution in [-0.2, 0) is 0 Å². The molecule has 0 unspecified atom stereocenters. The molecule has 0 aromatic rings. The van der Waals surface area contributed by atoms with Crippen molar-refractivity contribution in [3.63, 3.8) is 0 Å². The van der Waals surface area contributed by atoms with Gasteiger partial charge in [-0.2, -0.15) is 0 Å². The van der Waals surface area contributed by atoms with Gasteiger partial charge in [0, 0.05) is 0 Å². The Hall–Kier alpha value is -0.815. The molecular weight excluding hydrogens is 70.9 g/mol. The van der Waals surface area contributed by atoms with Gasteiger partial charge < -0.3 is 0 Å². The molecule has 2 radical (unpaired) electrons. The van der Waals surface area contributed by atoms with Crippen LogP contribution in [0.5, 0.6) is 0 Å². The zero-order valence-corrected chi connectivity index (χ0v) is 3.28. The van der Waals surface area contributed by atoms with Crippen molar-refractivity contribution in [2.45, 2.75) is 6.32 Å². The van der Waals surface area contributed by atoms with E-state index < -0.39 is 0 Å². The predicted molar refractivity (Wildman–Crippen MR) is 27.2 cm³/mol. The summed E-state index contributed by atoms with van der Waals surface area (Å²) in [5.74, 6) is 7.07. The Balaban J connectivity index is 3.39. The third-order valence-electron chi connectivity index (χ3n) is 0.253. The highest BCUT2D eigenvalue weighted by atomic mass is 13.5. The fourth-order valence-corrected chi connectivity index (χ4v) is 0.0952. The molecule has 0 bridgehead atoms. The summed E-state index contributed by atoms with van der Waals surface area (Å²) in [6, 6.07) is 0. The molecule has 0 aromatic heterocycles. The molecule has 0 N–H and O–H groups in total. The summed E-state index contributed by atoms with van der Waals surface area (Å²) in [5.41, 5.74) is 0. The maximum atomic E-state index is 6.28. The van der Waals surface area contributed by atoms with Crippen LogP contribution < -0.4 is 0 Å². The number of hydrogen-bond acceptors (Lipinski definition) is 0. The quantitative estimate of drug-likeness (QED) is 0.285. The van der Waals surface area contributed by atoms with Gasteiger partial charge in [0.15, 0.2) is 0 Å². The van der Waals surface area contributed by atoms with Crippen LogP contribution in [0.4, 0.5) is 0 Å². The molecule has 0 aromatic carbocycles. The van der Waals surface area contributed by atoms with E-state index in [4.69, 9.17) is 9.22 Å². The summed E-state index contributed by atoms with van der Waals surface area (Å²) < 4.78 is 6.28. The van der Waals surface area contributed by atoms with E-state index in [1.807, 2.05) is 6.40 Å². The molecule has 0 aliphatic rings.